The van der Waals surface area contributed by atoms with Gasteiger partial charge in [0, 0.05) is 6.92 Å². The van der Waals surface area contributed by atoms with Crippen molar-refractivity contribution in [3.8, 4) is 0 Å². The third kappa shape index (κ3) is 1.04. The maximum atomic E-state index is 10.9. The number of hydrogen-bond donors (Lipinski definition) is 0. The van der Waals surface area contributed by atoms with Crippen LogP contribution in [0.2, 0.25) is 4.34 Å². The summed E-state index contributed by atoms with van der Waals surface area (Å²) >= 11 is 6.93. The molecule has 0 unspecified atom stereocenters. The van der Waals surface area contributed by atoms with Crippen molar-refractivity contribution in [2.75, 3.05) is 0 Å². The third-order valence-electron chi connectivity index (χ3n) is 1.48. The summed E-state index contributed by atoms with van der Waals surface area (Å²) in [7, 11) is 0. The zero-order valence-corrected chi connectivity index (χ0v) is 7.70. The lowest BCUT2D eigenvalue weighted by Crippen LogP contribution is -1.85. The number of aromatic nitrogens is 1. The Morgan fingerprint density at radius 2 is 2.50 bits per heavy atom. The number of hydrogen-bond acceptors (Lipinski definition) is 4. The molecule has 62 valence electrons. The molecule has 2 aromatic rings. The number of fused-ring (bicyclic) bond motifs is 1. The van der Waals surface area contributed by atoms with Gasteiger partial charge in [-0.3, -0.25) is 4.79 Å². The number of rotatable bonds is 1. The van der Waals surface area contributed by atoms with E-state index in [-0.39, 0.29) is 5.78 Å². The fourth-order valence-corrected chi connectivity index (χ4v) is 1.68. The lowest BCUT2D eigenvalue weighted by atomic mass is 10.3. The normalized spacial score (nSPS) is 10.8. The summed E-state index contributed by atoms with van der Waals surface area (Å²) in [5.74, 6) is 0.191. The van der Waals surface area contributed by atoms with E-state index in [1.165, 1.54) is 6.92 Å². The average molecular weight is 202 g/mol. The van der Waals surface area contributed by atoms with Crippen molar-refractivity contribution in [1.29, 1.82) is 0 Å². The summed E-state index contributed by atoms with van der Waals surface area (Å²) in [5, 5.41) is 0.715. The molecule has 0 aliphatic rings. The fraction of sp³-hybridized carbons (Fsp3) is 0.143. The molecule has 5 heteroatoms. The van der Waals surface area contributed by atoms with Crippen molar-refractivity contribution >= 4 is 40.0 Å². The molecule has 12 heavy (non-hydrogen) atoms. The van der Waals surface area contributed by atoms with Gasteiger partial charge in [-0.05, 0) is 17.6 Å². The van der Waals surface area contributed by atoms with Crippen LogP contribution >= 0.6 is 23.1 Å². The summed E-state index contributed by atoms with van der Waals surface area (Å²) in [5.41, 5.74) is 0.440. The van der Waals surface area contributed by atoms with Gasteiger partial charge in [0.15, 0.2) is 11.5 Å². The van der Waals surface area contributed by atoms with Crippen LogP contribution < -0.4 is 0 Å². The van der Waals surface area contributed by atoms with Crippen LogP contribution in [-0.2, 0) is 0 Å². The van der Waals surface area contributed by atoms with Crippen molar-refractivity contribution in [1.82, 2.24) is 4.37 Å². The minimum atomic E-state index is -0.117. The van der Waals surface area contributed by atoms with E-state index in [1.54, 1.807) is 6.07 Å². The van der Waals surface area contributed by atoms with E-state index in [0.717, 1.165) is 11.5 Å². The largest absolute Gasteiger partial charge is 0.434 e. The molecule has 0 aliphatic carbocycles. The molecule has 0 fully saturated rings. The Kier molecular flexibility index (Phi) is 1.66. The molecule has 0 bridgehead atoms. The van der Waals surface area contributed by atoms with Gasteiger partial charge in [0.05, 0.1) is 5.39 Å². The molecule has 0 amide bonds. The Balaban J connectivity index is 2.70. The van der Waals surface area contributed by atoms with Crippen LogP contribution in [0.5, 0.6) is 0 Å². The van der Waals surface area contributed by atoms with Crippen molar-refractivity contribution in [3.05, 3.63) is 16.2 Å². The SMILES string of the molecule is CC(=O)c1cc2c(Cl)snc2o1. The van der Waals surface area contributed by atoms with Gasteiger partial charge in [-0.2, -0.15) is 4.37 Å². The monoisotopic (exact) mass is 201 g/mol. The van der Waals surface area contributed by atoms with E-state index in [4.69, 9.17) is 16.0 Å². The van der Waals surface area contributed by atoms with Crippen LogP contribution in [0.1, 0.15) is 17.5 Å². The summed E-state index contributed by atoms with van der Waals surface area (Å²) in [6.45, 7) is 1.44. The first-order valence-corrected chi connectivity index (χ1v) is 4.39. The van der Waals surface area contributed by atoms with Gasteiger partial charge in [0.25, 0.3) is 0 Å². The first kappa shape index (κ1) is 7.76. The van der Waals surface area contributed by atoms with Crippen LogP contribution in [0, 0.1) is 0 Å². The minimum absolute atomic E-state index is 0.117. The van der Waals surface area contributed by atoms with Gasteiger partial charge in [-0.25, -0.2) is 0 Å². The zero-order chi connectivity index (χ0) is 8.72. The number of ketones is 1. The number of carbonyl (C=O) groups excluding carboxylic acids is 1. The smallest absolute Gasteiger partial charge is 0.239 e. The summed E-state index contributed by atoms with van der Waals surface area (Å²) in [6.07, 6.45) is 0. The number of nitrogens with zero attached hydrogens (tertiary/aromatic N) is 1. The molecule has 3 nitrogen and oxygen atoms in total. The highest BCUT2D eigenvalue weighted by molar-refractivity contribution is 7.12. The predicted molar refractivity (Wildman–Crippen MR) is 46.9 cm³/mol. The molecule has 0 radical (unpaired) electrons. The summed E-state index contributed by atoms with van der Waals surface area (Å²) < 4.78 is 9.58. The fourth-order valence-electron chi connectivity index (χ4n) is 0.894. The Morgan fingerprint density at radius 3 is 3.08 bits per heavy atom. The third-order valence-corrected chi connectivity index (χ3v) is 2.53. The predicted octanol–water partition coefficient (Wildman–Crippen LogP) is 2.75. The van der Waals surface area contributed by atoms with Gasteiger partial charge in [0.1, 0.15) is 4.34 Å². The van der Waals surface area contributed by atoms with Crippen LogP contribution in [0.25, 0.3) is 11.1 Å². The van der Waals surface area contributed by atoms with Gasteiger partial charge in [-0.15, -0.1) is 0 Å². The molecule has 0 spiro atoms. The van der Waals surface area contributed by atoms with E-state index in [1.807, 2.05) is 0 Å². The highest BCUT2D eigenvalue weighted by Gasteiger charge is 2.12. The van der Waals surface area contributed by atoms with E-state index in [0.29, 0.717) is 21.2 Å². The lowest BCUT2D eigenvalue weighted by molar-refractivity contribution is 0.0989. The molecule has 2 aromatic heterocycles. The van der Waals surface area contributed by atoms with E-state index < -0.39 is 0 Å². The van der Waals surface area contributed by atoms with Crippen molar-refractivity contribution < 1.29 is 9.21 Å². The van der Waals surface area contributed by atoms with E-state index >= 15 is 0 Å². The molecular formula is C7H4ClNO2S. The Labute approximate surface area is 77.1 Å². The van der Waals surface area contributed by atoms with Crippen LogP contribution in [0.15, 0.2) is 10.5 Å². The second-order valence-corrected chi connectivity index (χ2v) is 3.72. The maximum absolute atomic E-state index is 10.9. The number of halogens is 1. The molecule has 0 N–H and O–H groups in total. The van der Waals surface area contributed by atoms with Crippen LogP contribution in [0.3, 0.4) is 0 Å². The summed E-state index contributed by atoms with van der Waals surface area (Å²) in [4.78, 5) is 10.9. The first-order chi connectivity index (χ1) is 5.68. The Bertz CT molecular complexity index is 445. The van der Waals surface area contributed by atoms with Gasteiger partial charge in [0.2, 0.25) is 5.71 Å². The molecule has 0 saturated heterocycles. The Hall–Kier alpha value is -0.870. The number of Topliss-reactive ketones (excluding diaryl/α,β-unsaturated/α-hetero) is 1. The van der Waals surface area contributed by atoms with Crippen molar-refractivity contribution in [3.63, 3.8) is 0 Å². The molecule has 2 heterocycles. The van der Waals surface area contributed by atoms with Crippen molar-refractivity contribution in [2.24, 2.45) is 0 Å². The van der Waals surface area contributed by atoms with Crippen molar-refractivity contribution in [2.45, 2.75) is 6.92 Å². The minimum Gasteiger partial charge on any atom is -0.434 e. The van der Waals surface area contributed by atoms with Gasteiger partial charge < -0.3 is 4.42 Å². The molecule has 0 saturated carbocycles. The zero-order valence-electron chi connectivity index (χ0n) is 6.13. The molecule has 0 atom stereocenters. The van der Waals surface area contributed by atoms with E-state index in [9.17, 15) is 4.79 Å². The average Bonchev–Trinajstić information content (AvgIpc) is 2.53. The second-order valence-electron chi connectivity index (χ2n) is 2.34. The van der Waals surface area contributed by atoms with Gasteiger partial charge in [-0.1, -0.05) is 11.6 Å². The Morgan fingerprint density at radius 1 is 1.75 bits per heavy atom. The molecule has 2 rings (SSSR count). The quantitative estimate of drug-likeness (QED) is 0.667. The van der Waals surface area contributed by atoms with Crippen LogP contribution in [0.4, 0.5) is 0 Å². The number of carbonyl (C=O) groups is 1. The second kappa shape index (κ2) is 2.57. The molecule has 0 aromatic carbocycles. The molecular weight excluding hydrogens is 198 g/mol. The maximum Gasteiger partial charge on any atom is 0.239 e. The lowest BCUT2D eigenvalue weighted by Gasteiger charge is -1.81. The standard InChI is InChI=1S/C7H4ClNO2S/c1-3(10)5-2-4-6(8)12-9-7(4)11-5/h2H,1H3. The highest BCUT2D eigenvalue weighted by atomic mass is 35.5. The van der Waals surface area contributed by atoms with Gasteiger partial charge >= 0.3 is 0 Å². The highest BCUT2D eigenvalue weighted by Crippen LogP contribution is 2.29. The number of furan rings is 1. The summed E-state index contributed by atoms with van der Waals surface area (Å²) in [6, 6.07) is 1.61. The first-order valence-electron chi connectivity index (χ1n) is 3.24. The topological polar surface area (TPSA) is 43.1 Å². The molecule has 0 aliphatic heterocycles. The van der Waals surface area contributed by atoms with Crippen LogP contribution in [-0.4, -0.2) is 10.2 Å². The van der Waals surface area contributed by atoms with E-state index in [2.05, 4.69) is 4.37 Å².